The van der Waals surface area contributed by atoms with Crippen molar-refractivity contribution in [1.82, 2.24) is 0 Å². The summed E-state index contributed by atoms with van der Waals surface area (Å²) >= 11 is 0. The number of carbonyl (C=O) groups excluding carboxylic acids is 1. The van der Waals surface area contributed by atoms with E-state index < -0.39 is 5.60 Å². The molecule has 0 rings (SSSR count). The number of aliphatic hydroxyl groups is 1. The molecule has 3 heteroatoms. The van der Waals surface area contributed by atoms with Crippen LogP contribution in [0.15, 0.2) is 0 Å². The maximum absolute atomic E-state index is 9.82. The molecule has 15 heavy (non-hydrogen) atoms. The maximum Gasteiger partial charge on any atom is 0.302 e. The van der Waals surface area contributed by atoms with Crippen LogP contribution in [0.3, 0.4) is 0 Å². The zero-order chi connectivity index (χ0) is 12.6. The highest BCUT2D eigenvalue weighted by Crippen LogP contribution is 2.24. The highest BCUT2D eigenvalue weighted by molar-refractivity contribution is 5.65. The molecule has 0 atom stereocenters. The summed E-state index contributed by atoms with van der Waals surface area (Å²) in [6, 6.07) is 0. The summed E-state index contributed by atoms with van der Waals surface area (Å²) in [4.78, 5) is 9.82. The first kappa shape index (κ1) is 16.8. The van der Waals surface area contributed by atoms with Gasteiger partial charge in [0.2, 0.25) is 0 Å². The molecule has 0 amide bonds. The lowest BCUT2D eigenvalue weighted by Gasteiger charge is -2.31. The number of hydrogen-bond acceptors (Lipinski definition) is 3. The zero-order valence-corrected chi connectivity index (χ0v) is 11.1. The van der Waals surface area contributed by atoms with Gasteiger partial charge in [0.15, 0.2) is 0 Å². The SMILES string of the molecule is CC(C)C(C)(O)C(C)C.CCOC(C)=O. The molecule has 0 aliphatic heterocycles. The van der Waals surface area contributed by atoms with E-state index in [0.29, 0.717) is 18.4 Å². The summed E-state index contributed by atoms with van der Waals surface area (Å²) in [5, 5.41) is 9.67. The van der Waals surface area contributed by atoms with Crippen molar-refractivity contribution in [2.45, 2.75) is 54.1 Å². The lowest BCUT2D eigenvalue weighted by atomic mass is 9.82. The van der Waals surface area contributed by atoms with Gasteiger partial charge in [0.1, 0.15) is 0 Å². The van der Waals surface area contributed by atoms with Crippen molar-refractivity contribution in [3.63, 3.8) is 0 Å². The third-order valence-corrected chi connectivity index (χ3v) is 2.69. The molecule has 0 unspecified atom stereocenters. The Morgan fingerprint density at radius 3 is 1.60 bits per heavy atom. The fourth-order valence-electron chi connectivity index (χ4n) is 0.870. The van der Waals surface area contributed by atoms with Crippen molar-refractivity contribution in [1.29, 1.82) is 0 Å². The van der Waals surface area contributed by atoms with Crippen LogP contribution in [-0.4, -0.2) is 23.3 Å². The van der Waals surface area contributed by atoms with E-state index in [1.54, 1.807) is 6.92 Å². The van der Waals surface area contributed by atoms with Gasteiger partial charge in [-0.2, -0.15) is 0 Å². The number of esters is 1. The first-order valence-electron chi connectivity index (χ1n) is 5.51. The van der Waals surface area contributed by atoms with E-state index in [9.17, 15) is 9.90 Å². The van der Waals surface area contributed by atoms with Gasteiger partial charge in [-0.1, -0.05) is 27.7 Å². The van der Waals surface area contributed by atoms with Crippen molar-refractivity contribution in [2.24, 2.45) is 11.8 Å². The van der Waals surface area contributed by atoms with Crippen LogP contribution in [-0.2, 0) is 9.53 Å². The van der Waals surface area contributed by atoms with E-state index in [1.165, 1.54) is 6.92 Å². The summed E-state index contributed by atoms with van der Waals surface area (Å²) in [6.07, 6.45) is 0. The van der Waals surface area contributed by atoms with Crippen molar-refractivity contribution in [3.05, 3.63) is 0 Å². The Bertz CT molecular complexity index is 162. The second-order valence-corrected chi connectivity index (χ2v) is 4.46. The van der Waals surface area contributed by atoms with Crippen LogP contribution in [0.2, 0.25) is 0 Å². The molecule has 0 heterocycles. The Kier molecular flexibility index (Phi) is 8.63. The Balaban J connectivity index is 0. The average molecular weight is 218 g/mol. The van der Waals surface area contributed by atoms with Crippen molar-refractivity contribution in [3.8, 4) is 0 Å². The van der Waals surface area contributed by atoms with Gasteiger partial charge in [-0.15, -0.1) is 0 Å². The highest BCUT2D eigenvalue weighted by atomic mass is 16.5. The minimum Gasteiger partial charge on any atom is -0.466 e. The molecular weight excluding hydrogens is 192 g/mol. The standard InChI is InChI=1S/C8H18O.C4H8O2/c1-6(2)8(5,9)7(3)4;1-3-6-4(2)5/h6-7,9H,1-5H3;3H2,1-2H3. The van der Waals surface area contributed by atoms with Gasteiger partial charge in [0.25, 0.3) is 0 Å². The highest BCUT2D eigenvalue weighted by Gasteiger charge is 2.28. The molecule has 0 radical (unpaired) electrons. The molecule has 0 aromatic rings. The van der Waals surface area contributed by atoms with Gasteiger partial charge in [0, 0.05) is 6.92 Å². The van der Waals surface area contributed by atoms with Crippen LogP contribution in [0.25, 0.3) is 0 Å². The minimum atomic E-state index is -0.500. The summed E-state index contributed by atoms with van der Waals surface area (Å²) in [7, 11) is 0. The topological polar surface area (TPSA) is 46.5 Å². The Morgan fingerprint density at radius 1 is 1.27 bits per heavy atom. The third kappa shape index (κ3) is 8.43. The van der Waals surface area contributed by atoms with Gasteiger partial charge in [-0.25, -0.2) is 0 Å². The molecule has 0 saturated heterocycles. The van der Waals surface area contributed by atoms with Gasteiger partial charge in [0.05, 0.1) is 12.2 Å². The van der Waals surface area contributed by atoms with Gasteiger partial charge >= 0.3 is 5.97 Å². The number of ether oxygens (including phenoxy) is 1. The van der Waals surface area contributed by atoms with E-state index >= 15 is 0 Å². The molecule has 0 aromatic carbocycles. The molecule has 0 aromatic heterocycles. The summed E-state index contributed by atoms with van der Waals surface area (Å²) < 4.78 is 4.40. The monoisotopic (exact) mass is 218 g/mol. The van der Waals surface area contributed by atoms with E-state index in [-0.39, 0.29) is 5.97 Å². The fourth-order valence-corrected chi connectivity index (χ4v) is 0.870. The lowest BCUT2D eigenvalue weighted by Crippen LogP contribution is -2.36. The average Bonchev–Trinajstić information content (AvgIpc) is 2.04. The van der Waals surface area contributed by atoms with E-state index in [0.717, 1.165) is 0 Å². The van der Waals surface area contributed by atoms with Crippen LogP contribution in [0.5, 0.6) is 0 Å². The van der Waals surface area contributed by atoms with E-state index in [1.807, 2.05) is 34.6 Å². The predicted molar refractivity (Wildman–Crippen MR) is 62.6 cm³/mol. The molecule has 0 saturated carbocycles. The Hall–Kier alpha value is -0.570. The van der Waals surface area contributed by atoms with Crippen molar-refractivity contribution < 1.29 is 14.6 Å². The predicted octanol–water partition coefficient (Wildman–Crippen LogP) is 2.62. The first-order valence-corrected chi connectivity index (χ1v) is 5.51. The first-order chi connectivity index (χ1) is 6.66. The van der Waals surface area contributed by atoms with E-state index in [4.69, 9.17) is 0 Å². The third-order valence-electron chi connectivity index (χ3n) is 2.69. The molecule has 3 nitrogen and oxygen atoms in total. The largest absolute Gasteiger partial charge is 0.466 e. The molecule has 1 N–H and O–H groups in total. The van der Waals surface area contributed by atoms with Crippen molar-refractivity contribution >= 4 is 5.97 Å². The molecule has 0 aliphatic rings. The molecule has 92 valence electrons. The quantitative estimate of drug-likeness (QED) is 0.741. The zero-order valence-electron chi connectivity index (χ0n) is 11.1. The lowest BCUT2D eigenvalue weighted by molar-refractivity contribution is -0.140. The van der Waals surface area contributed by atoms with Crippen LogP contribution in [0.4, 0.5) is 0 Å². The summed E-state index contributed by atoms with van der Waals surface area (Å²) in [5.41, 5.74) is -0.500. The molecule has 0 spiro atoms. The number of rotatable bonds is 3. The fraction of sp³-hybridized carbons (Fsp3) is 0.917. The Labute approximate surface area is 93.8 Å². The molecule has 0 fully saturated rings. The molecule has 0 bridgehead atoms. The molecule has 0 aliphatic carbocycles. The van der Waals surface area contributed by atoms with Crippen LogP contribution in [0, 0.1) is 11.8 Å². The molecular formula is C12H26O3. The number of hydrogen-bond donors (Lipinski definition) is 1. The minimum absolute atomic E-state index is 0.211. The summed E-state index contributed by atoms with van der Waals surface area (Å²) in [6.45, 7) is 13.7. The number of carbonyl (C=O) groups is 1. The second-order valence-electron chi connectivity index (χ2n) is 4.46. The van der Waals surface area contributed by atoms with Crippen molar-refractivity contribution in [2.75, 3.05) is 6.61 Å². The normalized spacial score (nSPS) is 11.1. The van der Waals surface area contributed by atoms with Gasteiger partial charge in [-0.05, 0) is 25.7 Å². The van der Waals surface area contributed by atoms with Crippen LogP contribution < -0.4 is 0 Å². The van der Waals surface area contributed by atoms with Gasteiger partial charge < -0.3 is 9.84 Å². The van der Waals surface area contributed by atoms with Gasteiger partial charge in [-0.3, -0.25) is 4.79 Å². The van der Waals surface area contributed by atoms with Crippen LogP contribution in [0.1, 0.15) is 48.5 Å². The Morgan fingerprint density at radius 2 is 1.60 bits per heavy atom. The smallest absolute Gasteiger partial charge is 0.302 e. The van der Waals surface area contributed by atoms with E-state index in [2.05, 4.69) is 4.74 Å². The second kappa shape index (κ2) is 7.69. The summed E-state index contributed by atoms with van der Waals surface area (Å²) in [5.74, 6) is 0.479. The maximum atomic E-state index is 9.82. The van der Waals surface area contributed by atoms with Crippen LogP contribution >= 0.6 is 0 Å².